The summed E-state index contributed by atoms with van der Waals surface area (Å²) in [5, 5.41) is 1.16. The molecule has 0 radical (unpaired) electrons. The van der Waals surface area contributed by atoms with Gasteiger partial charge in [0, 0.05) is 20.5 Å². The fourth-order valence-corrected chi connectivity index (χ4v) is 3.95. The van der Waals surface area contributed by atoms with Crippen LogP contribution in [0.3, 0.4) is 0 Å². The molecule has 0 heterocycles. The number of hydrogen-bond acceptors (Lipinski definition) is 1. The molecule has 0 amide bonds. The predicted molar refractivity (Wildman–Crippen MR) is 82.2 cm³/mol. The number of hydrogen-bond donors (Lipinski definition) is 0. The summed E-state index contributed by atoms with van der Waals surface area (Å²) in [5.74, 6) is -0.503. The lowest BCUT2D eigenvalue weighted by molar-refractivity contribution is 0.625. The van der Waals surface area contributed by atoms with Gasteiger partial charge in [-0.25, -0.2) is 8.78 Å². The quantitative estimate of drug-likeness (QED) is 0.568. The van der Waals surface area contributed by atoms with E-state index in [2.05, 4.69) is 31.9 Å². The van der Waals surface area contributed by atoms with Gasteiger partial charge in [-0.15, -0.1) is 0 Å². The Morgan fingerprint density at radius 1 is 0.789 bits per heavy atom. The van der Waals surface area contributed by atoms with E-state index in [1.54, 1.807) is 12.1 Å². The molecule has 5 heteroatoms. The van der Waals surface area contributed by atoms with E-state index >= 15 is 0 Å². The van der Waals surface area contributed by atoms with Crippen LogP contribution in [0.1, 0.15) is 11.1 Å². The third-order valence-electron chi connectivity index (χ3n) is 2.55. The second-order valence-corrected chi connectivity index (χ2v) is 6.08. The smallest absolute Gasteiger partial charge is 0.123 e. The van der Waals surface area contributed by atoms with Crippen LogP contribution in [0.5, 0.6) is 0 Å². The molecule has 0 fully saturated rings. The lowest BCUT2D eigenvalue weighted by Crippen LogP contribution is -1.89. The minimum atomic E-state index is -0.251. The van der Waals surface area contributed by atoms with Crippen molar-refractivity contribution in [2.45, 2.75) is 20.5 Å². The summed E-state index contributed by atoms with van der Waals surface area (Å²) in [4.78, 5) is 1.93. The van der Waals surface area contributed by atoms with Gasteiger partial charge in [-0.2, -0.15) is 0 Å². The molecule has 0 N–H and O–H groups in total. The van der Waals surface area contributed by atoms with Crippen LogP contribution in [0.25, 0.3) is 0 Å². The minimum Gasteiger partial charge on any atom is -0.207 e. The van der Waals surface area contributed by atoms with Crippen molar-refractivity contribution in [3.63, 3.8) is 0 Å². The molecule has 0 atom stereocenters. The van der Waals surface area contributed by atoms with Gasteiger partial charge >= 0.3 is 0 Å². The van der Waals surface area contributed by atoms with Gasteiger partial charge in [-0.1, -0.05) is 43.6 Å². The summed E-state index contributed by atoms with van der Waals surface area (Å²) < 4.78 is 26.4. The van der Waals surface area contributed by atoms with Crippen molar-refractivity contribution in [3.8, 4) is 0 Å². The largest absolute Gasteiger partial charge is 0.207 e. The topological polar surface area (TPSA) is 0 Å². The standard InChI is InChI=1S/C14H10Br2F2S/c15-7-9-5-11(17)1-3-13(9)19-14-4-2-12(18)6-10(14)8-16/h1-6H,7-8H2. The molecule has 2 aromatic rings. The van der Waals surface area contributed by atoms with E-state index in [1.807, 2.05) is 0 Å². The van der Waals surface area contributed by atoms with Gasteiger partial charge in [0.15, 0.2) is 0 Å². The predicted octanol–water partition coefficient (Wildman–Crippen LogP) is 5.91. The summed E-state index contributed by atoms with van der Waals surface area (Å²) in [6, 6.07) is 9.39. The van der Waals surface area contributed by atoms with Crippen molar-refractivity contribution in [1.82, 2.24) is 0 Å². The first-order valence-corrected chi connectivity index (χ1v) is 8.56. The molecule has 0 saturated heterocycles. The summed E-state index contributed by atoms with van der Waals surface area (Å²) in [6.45, 7) is 0. The van der Waals surface area contributed by atoms with Crippen molar-refractivity contribution >= 4 is 43.6 Å². The van der Waals surface area contributed by atoms with Crippen LogP contribution >= 0.6 is 43.6 Å². The molecule has 0 aliphatic carbocycles. The number of benzene rings is 2. The summed E-state index contributed by atoms with van der Waals surface area (Å²) in [5.41, 5.74) is 1.77. The highest BCUT2D eigenvalue weighted by Crippen LogP contribution is 2.35. The van der Waals surface area contributed by atoms with Gasteiger partial charge in [0.25, 0.3) is 0 Å². The van der Waals surface area contributed by atoms with Gasteiger partial charge in [0.05, 0.1) is 0 Å². The van der Waals surface area contributed by atoms with Gasteiger partial charge in [0.2, 0.25) is 0 Å². The Hall–Kier alpha value is -0.390. The maximum atomic E-state index is 13.2. The summed E-state index contributed by atoms with van der Waals surface area (Å²) in [6.07, 6.45) is 0. The average Bonchev–Trinajstić information content (AvgIpc) is 2.42. The molecule has 0 aliphatic rings. The number of halogens is 4. The molecular weight excluding hydrogens is 398 g/mol. The van der Waals surface area contributed by atoms with E-state index in [-0.39, 0.29) is 11.6 Å². The van der Waals surface area contributed by atoms with Crippen LogP contribution in [0.15, 0.2) is 46.2 Å². The summed E-state index contributed by atoms with van der Waals surface area (Å²) in [7, 11) is 0. The highest BCUT2D eigenvalue weighted by atomic mass is 79.9. The first kappa shape index (κ1) is 15.0. The molecule has 2 rings (SSSR count). The fraction of sp³-hybridized carbons (Fsp3) is 0.143. The molecule has 0 aromatic heterocycles. The molecule has 0 bridgehead atoms. The van der Waals surface area contributed by atoms with E-state index in [0.717, 1.165) is 20.9 Å². The monoisotopic (exact) mass is 406 g/mol. The molecule has 0 saturated carbocycles. The SMILES string of the molecule is Fc1ccc(Sc2ccc(F)cc2CBr)c(CBr)c1. The molecule has 0 spiro atoms. The van der Waals surface area contributed by atoms with E-state index in [1.165, 1.54) is 36.0 Å². The van der Waals surface area contributed by atoms with Crippen LogP contribution in [-0.2, 0) is 10.7 Å². The Bertz CT molecular complexity index is 536. The first-order chi connectivity index (χ1) is 9.13. The number of alkyl halides is 2. The lowest BCUT2D eigenvalue weighted by atomic mass is 10.2. The molecule has 0 nitrogen and oxygen atoms in total. The molecule has 0 aliphatic heterocycles. The van der Waals surface area contributed by atoms with E-state index in [0.29, 0.717) is 10.7 Å². The van der Waals surface area contributed by atoms with Crippen molar-refractivity contribution in [1.29, 1.82) is 0 Å². The maximum Gasteiger partial charge on any atom is 0.123 e. The van der Waals surface area contributed by atoms with Crippen molar-refractivity contribution in [2.75, 3.05) is 0 Å². The summed E-state index contributed by atoms with van der Waals surface area (Å²) >= 11 is 8.22. The average molecular weight is 408 g/mol. The molecule has 100 valence electrons. The van der Waals surface area contributed by atoms with Gasteiger partial charge < -0.3 is 0 Å². The van der Waals surface area contributed by atoms with Crippen molar-refractivity contribution in [3.05, 3.63) is 59.2 Å². The van der Waals surface area contributed by atoms with E-state index < -0.39 is 0 Å². The van der Waals surface area contributed by atoms with Gasteiger partial charge in [-0.05, 0) is 47.5 Å². The van der Waals surface area contributed by atoms with Crippen LogP contribution in [0.4, 0.5) is 8.78 Å². The second kappa shape index (κ2) is 6.86. The Labute approximate surface area is 131 Å². The fourth-order valence-electron chi connectivity index (χ4n) is 1.62. The van der Waals surface area contributed by atoms with Crippen LogP contribution in [0.2, 0.25) is 0 Å². The Morgan fingerprint density at radius 2 is 1.21 bits per heavy atom. The molecular formula is C14H10Br2F2S. The van der Waals surface area contributed by atoms with Crippen molar-refractivity contribution in [2.24, 2.45) is 0 Å². The highest BCUT2D eigenvalue weighted by Gasteiger charge is 2.09. The molecule has 0 unspecified atom stereocenters. The first-order valence-electron chi connectivity index (χ1n) is 5.50. The van der Waals surface area contributed by atoms with E-state index in [4.69, 9.17) is 0 Å². The van der Waals surface area contributed by atoms with Crippen LogP contribution in [-0.4, -0.2) is 0 Å². The zero-order chi connectivity index (χ0) is 13.8. The Balaban J connectivity index is 2.36. The lowest BCUT2D eigenvalue weighted by Gasteiger charge is -2.10. The van der Waals surface area contributed by atoms with Crippen LogP contribution in [0, 0.1) is 11.6 Å². The third-order valence-corrected chi connectivity index (χ3v) is 5.00. The molecule has 19 heavy (non-hydrogen) atoms. The Morgan fingerprint density at radius 3 is 1.58 bits per heavy atom. The second-order valence-electron chi connectivity index (χ2n) is 3.87. The normalized spacial score (nSPS) is 10.7. The maximum absolute atomic E-state index is 13.2. The minimum absolute atomic E-state index is 0.251. The zero-order valence-corrected chi connectivity index (χ0v) is 13.8. The highest BCUT2D eigenvalue weighted by molar-refractivity contribution is 9.08. The van der Waals surface area contributed by atoms with Gasteiger partial charge in [-0.3, -0.25) is 0 Å². The zero-order valence-electron chi connectivity index (χ0n) is 9.80. The Kier molecular flexibility index (Phi) is 5.42. The number of rotatable bonds is 4. The van der Waals surface area contributed by atoms with Crippen LogP contribution < -0.4 is 0 Å². The molecule has 2 aromatic carbocycles. The van der Waals surface area contributed by atoms with E-state index in [9.17, 15) is 8.78 Å². The van der Waals surface area contributed by atoms with Crippen molar-refractivity contribution < 1.29 is 8.78 Å². The van der Waals surface area contributed by atoms with Gasteiger partial charge in [0.1, 0.15) is 11.6 Å². The third kappa shape index (κ3) is 3.80.